The lowest BCUT2D eigenvalue weighted by molar-refractivity contribution is -0.384. The highest BCUT2D eigenvalue weighted by Gasteiger charge is 2.31. The van der Waals surface area contributed by atoms with Gasteiger partial charge in [-0.05, 0) is 99.3 Å². The topological polar surface area (TPSA) is 336 Å². The Morgan fingerprint density at radius 2 is 1.08 bits per heavy atom. The van der Waals surface area contributed by atoms with Crippen molar-refractivity contribution in [3.8, 4) is 5.75 Å². The van der Waals surface area contributed by atoms with Crippen LogP contribution >= 0.6 is 0 Å². The van der Waals surface area contributed by atoms with Crippen molar-refractivity contribution in [2.24, 2.45) is 0 Å². The normalized spacial score (nSPS) is 11.0. The van der Waals surface area contributed by atoms with Crippen LogP contribution in [0.2, 0.25) is 0 Å². The molecule has 11 N–H and O–H groups in total. The lowest BCUT2D eigenvalue weighted by atomic mass is 10.1. The van der Waals surface area contributed by atoms with Crippen LogP contribution in [-0.2, 0) is 16.2 Å². The molecule has 0 unspecified atom stereocenters. The van der Waals surface area contributed by atoms with Crippen LogP contribution in [0.5, 0.6) is 5.75 Å². The number of ether oxygens (including phenoxy) is 1. The summed E-state index contributed by atoms with van der Waals surface area (Å²) in [6.45, 7) is 4.06. The molecule has 0 atom stereocenters. The first-order chi connectivity index (χ1) is 35.1. The fourth-order valence-corrected chi connectivity index (χ4v) is 8.13. The van der Waals surface area contributed by atoms with Gasteiger partial charge < -0.3 is 33.4 Å². The minimum Gasteiger partial charge on any atom is -0.490 e. The summed E-state index contributed by atoms with van der Waals surface area (Å²) in [4.78, 5) is 41.2. The van der Waals surface area contributed by atoms with Crippen molar-refractivity contribution < 1.29 is 36.2 Å². The molecule has 0 aliphatic rings. The zero-order valence-electron chi connectivity index (χ0n) is 39.7. The molecule has 0 aliphatic carbocycles. The number of pyridine rings is 5. The maximum Gasteiger partial charge on any atom is 0.416 e. The summed E-state index contributed by atoms with van der Waals surface area (Å²) < 4.78 is 68.0. The first kappa shape index (κ1) is 53.8. The molecule has 10 rings (SSSR count). The number of nitro groups is 2. The van der Waals surface area contributed by atoms with E-state index < -0.39 is 31.6 Å². The number of aromatic nitrogens is 5. The molecule has 5 aromatic heterocycles. The number of hydrogen-bond acceptors (Lipinski definition) is 17. The summed E-state index contributed by atoms with van der Waals surface area (Å²) in [7, 11) is -0.753. The molecule has 0 spiro atoms. The number of anilines is 5. The molecule has 5 heterocycles. The second kappa shape index (κ2) is 22.7. The van der Waals surface area contributed by atoms with E-state index in [9.17, 15) is 41.8 Å². The number of aryl methyl sites for hydroxylation is 2. The quantitative estimate of drug-likeness (QED) is 0.0531. The van der Waals surface area contributed by atoms with E-state index in [0.29, 0.717) is 60.7 Å². The number of para-hydroxylation sites is 1. The van der Waals surface area contributed by atoms with Crippen molar-refractivity contribution in [2.75, 3.05) is 42.8 Å². The lowest BCUT2D eigenvalue weighted by Gasteiger charge is -2.09. The van der Waals surface area contributed by atoms with Gasteiger partial charge in [-0.1, -0.05) is 24.3 Å². The molecule has 0 fully saturated rings. The molecule has 5 aromatic carbocycles. The van der Waals surface area contributed by atoms with Crippen molar-refractivity contribution in [1.29, 1.82) is 0 Å². The van der Waals surface area contributed by atoms with E-state index in [1.165, 1.54) is 56.4 Å². The predicted molar refractivity (Wildman–Crippen MR) is 281 cm³/mol. The molecule has 10 aromatic rings. The Morgan fingerprint density at radius 1 is 0.581 bits per heavy atom. The lowest BCUT2D eigenvalue weighted by Crippen LogP contribution is -2.19. The van der Waals surface area contributed by atoms with Crippen LogP contribution in [-0.4, -0.2) is 57.3 Å². The Bertz CT molecular complexity index is 3850. The van der Waals surface area contributed by atoms with Crippen LogP contribution in [0.3, 0.4) is 0 Å². The van der Waals surface area contributed by atoms with Gasteiger partial charge in [-0.3, -0.25) is 45.1 Å². The SMILES string of the molecule is CNS(=O)(=O)c1ccc(N)c2ncccc12.COc1cc(N)c2ncccc2c1[N+](=O)[O-].Cc1cc2cccc(N)c2nc1C.Nc1cc(C(F)(F)F)cc2cccnc12.Nc1cc([N+](=O)[O-])cc2cccnc12. The smallest absolute Gasteiger partial charge is 0.416 e. The number of halogens is 3. The summed E-state index contributed by atoms with van der Waals surface area (Å²) in [6.07, 6.45) is 1.83. The van der Waals surface area contributed by atoms with Gasteiger partial charge in [0.15, 0.2) is 5.75 Å². The van der Waals surface area contributed by atoms with Crippen LogP contribution in [0.1, 0.15) is 16.8 Å². The number of fused-ring (bicyclic) bond motifs is 5. The molecule has 0 aliphatic heterocycles. The summed E-state index contributed by atoms with van der Waals surface area (Å²) in [5, 5.41) is 24.6. The maximum atomic E-state index is 12.4. The van der Waals surface area contributed by atoms with Crippen LogP contribution in [0.15, 0.2) is 145 Å². The number of methoxy groups -OCH3 is 1. The number of hydrogen-bond donors (Lipinski definition) is 6. The minimum atomic E-state index is -4.38. The van der Waals surface area contributed by atoms with Crippen molar-refractivity contribution >= 4 is 104 Å². The number of rotatable bonds is 5. The van der Waals surface area contributed by atoms with Gasteiger partial charge in [0, 0.05) is 70.2 Å². The Labute approximate surface area is 419 Å². The second-order valence-corrected chi connectivity index (χ2v) is 17.6. The van der Waals surface area contributed by atoms with E-state index in [-0.39, 0.29) is 27.7 Å². The van der Waals surface area contributed by atoms with Crippen LogP contribution in [0.25, 0.3) is 54.5 Å². The highest BCUT2D eigenvalue weighted by atomic mass is 32.2. The number of nitrogens with two attached hydrogens (primary N) is 5. The van der Waals surface area contributed by atoms with E-state index in [0.717, 1.165) is 34.4 Å². The number of nitro benzene ring substituents is 2. The monoisotopic (exact) mass is 1030 g/mol. The molecule has 0 amide bonds. The van der Waals surface area contributed by atoms with Gasteiger partial charge in [-0.2, -0.15) is 13.2 Å². The van der Waals surface area contributed by atoms with E-state index in [1.807, 2.05) is 25.1 Å². The van der Waals surface area contributed by atoms with Gasteiger partial charge >= 0.3 is 11.9 Å². The van der Waals surface area contributed by atoms with Crippen molar-refractivity contribution in [2.45, 2.75) is 24.9 Å². The van der Waals surface area contributed by atoms with Gasteiger partial charge in [0.05, 0.1) is 83.3 Å². The number of nitrogens with zero attached hydrogens (tertiary/aromatic N) is 7. The minimum absolute atomic E-state index is 0.0111. The van der Waals surface area contributed by atoms with E-state index >= 15 is 0 Å². The zero-order valence-corrected chi connectivity index (χ0v) is 40.5. The Hall–Kier alpha value is -9.55. The number of alkyl halides is 3. The van der Waals surface area contributed by atoms with E-state index in [1.54, 1.807) is 67.0 Å². The number of nitrogen functional groups attached to an aromatic ring is 5. The summed E-state index contributed by atoms with van der Waals surface area (Å²) in [6, 6.07) is 30.3. The Morgan fingerprint density at radius 3 is 1.65 bits per heavy atom. The van der Waals surface area contributed by atoms with Gasteiger partial charge in [0.1, 0.15) is 5.52 Å². The number of benzene rings is 5. The molecule has 24 heteroatoms. The first-order valence-corrected chi connectivity index (χ1v) is 23.1. The number of non-ortho nitro benzene ring substituents is 1. The third-order valence-corrected chi connectivity index (χ3v) is 12.4. The summed E-state index contributed by atoms with van der Waals surface area (Å²) in [5.74, 6) is 0.142. The summed E-state index contributed by atoms with van der Waals surface area (Å²) >= 11 is 0. The summed E-state index contributed by atoms with van der Waals surface area (Å²) in [5.41, 5.74) is 34.5. The molecule has 74 heavy (non-hydrogen) atoms. The van der Waals surface area contributed by atoms with Gasteiger partial charge in [0.25, 0.3) is 5.69 Å². The van der Waals surface area contributed by atoms with Gasteiger partial charge in [-0.15, -0.1) is 0 Å². The highest BCUT2D eigenvalue weighted by Crippen LogP contribution is 2.38. The fraction of sp³-hybridized carbons (Fsp3) is 0.100. The molecule has 0 saturated carbocycles. The molecule has 20 nitrogen and oxygen atoms in total. The molecule has 0 radical (unpaired) electrons. The number of nitrogens with one attached hydrogen (secondary N) is 1. The van der Waals surface area contributed by atoms with Crippen molar-refractivity contribution in [1.82, 2.24) is 29.6 Å². The van der Waals surface area contributed by atoms with E-state index in [2.05, 4.69) is 42.6 Å². The van der Waals surface area contributed by atoms with Crippen LogP contribution in [0, 0.1) is 34.1 Å². The second-order valence-electron chi connectivity index (χ2n) is 15.7. The third kappa shape index (κ3) is 12.3. The average Bonchev–Trinajstić information content (AvgIpc) is 3.37. The Kier molecular flexibility index (Phi) is 16.5. The predicted octanol–water partition coefficient (Wildman–Crippen LogP) is 9.45. The zero-order chi connectivity index (χ0) is 54.1. The first-order valence-electron chi connectivity index (χ1n) is 21.6. The average molecular weight is 1030 g/mol. The molecule has 0 bridgehead atoms. The largest absolute Gasteiger partial charge is 0.490 e. The molecule has 0 saturated heterocycles. The highest BCUT2D eigenvalue weighted by molar-refractivity contribution is 7.89. The van der Waals surface area contributed by atoms with Crippen LogP contribution in [0.4, 0.5) is 53.0 Å². The standard InChI is InChI=1S/C11H12N2.C10H7F3N2.C10H9N3O3.C10H11N3O2S.C9H7N3O2/c1-7-6-9-4-3-5-10(12)11(9)13-8(7)2;11-10(12,13)7-4-6-2-1-3-15-9(6)8(14)5-7;1-16-8-5-7(11)9-6(3-2-4-12-9)10(8)13(14)15;1-12-16(14,15)9-5-4-8(11)10-7(9)3-2-6-13-10;10-8-5-7(12(13)14)4-6-2-1-3-11-9(6)8/h3-6H,12H2,1-2H3;1-5H,14H2;2-5H,11H2,1H3;2-6,12H,11H2,1H3;1-5H,10H2. The van der Waals surface area contributed by atoms with Crippen molar-refractivity contribution in [3.05, 3.63) is 177 Å². The van der Waals surface area contributed by atoms with E-state index in [4.69, 9.17) is 33.4 Å². The maximum absolute atomic E-state index is 12.4. The molecular formula is C50H46F3N13O7S. The van der Waals surface area contributed by atoms with Gasteiger partial charge in [0.2, 0.25) is 10.0 Å². The molecular weight excluding hydrogens is 984 g/mol. The van der Waals surface area contributed by atoms with Gasteiger partial charge in [-0.25, -0.2) is 13.1 Å². The number of sulfonamides is 1. The fourth-order valence-electron chi connectivity index (χ4n) is 7.21. The molecule has 380 valence electrons. The third-order valence-electron chi connectivity index (χ3n) is 10.9. The Balaban J connectivity index is 0.000000151. The van der Waals surface area contributed by atoms with Crippen molar-refractivity contribution in [3.63, 3.8) is 0 Å². The van der Waals surface area contributed by atoms with Crippen LogP contribution < -0.4 is 38.1 Å².